The fraction of sp³-hybridized carbons (Fsp3) is 0.250. The fourth-order valence-corrected chi connectivity index (χ4v) is 5.62. The van der Waals surface area contributed by atoms with Crippen LogP contribution in [0.3, 0.4) is 0 Å². The van der Waals surface area contributed by atoms with Gasteiger partial charge in [-0.3, -0.25) is 9.59 Å². The number of carbonyl (C=O) groups excluding carboxylic acids is 2. The molecule has 8 heteroatoms. The monoisotopic (exact) mass is 498 g/mol. The number of nitrogens with one attached hydrogen (secondary N) is 2. The molecule has 0 radical (unpaired) electrons. The van der Waals surface area contributed by atoms with Crippen LogP contribution in [0, 0.1) is 0 Å². The molecule has 7 nitrogen and oxygen atoms in total. The molecule has 2 amide bonds. The first-order valence-corrected chi connectivity index (χ1v) is 13.1. The highest BCUT2D eigenvalue weighted by Crippen LogP contribution is 2.30. The molecule has 0 spiro atoms. The Bertz CT molecular complexity index is 1480. The smallest absolute Gasteiger partial charge is 0.262 e. The molecule has 0 unspecified atom stereocenters. The first kappa shape index (κ1) is 22.5. The molecule has 4 heterocycles. The van der Waals surface area contributed by atoms with E-state index in [4.69, 9.17) is 4.42 Å². The molecule has 2 N–H and O–H groups in total. The number of H-pyrrole nitrogens is 1. The molecule has 1 aliphatic heterocycles. The lowest BCUT2D eigenvalue weighted by molar-refractivity contribution is -0.134. The van der Waals surface area contributed by atoms with E-state index in [1.165, 1.54) is 11.3 Å². The van der Waals surface area contributed by atoms with Gasteiger partial charge in [0.25, 0.3) is 5.91 Å². The number of amides is 2. The maximum atomic E-state index is 13.7. The molecule has 6 rings (SSSR count). The van der Waals surface area contributed by atoms with Crippen molar-refractivity contribution in [1.82, 2.24) is 20.2 Å². The van der Waals surface area contributed by atoms with Gasteiger partial charge >= 0.3 is 0 Å². The van der Waals surface area contributed by atoms with Gasteiger partial charge in [0.2, 0.25) is 5.91 Å². The van der Waals surface area contributed by atoms with E-state index in [9.17, 15) is 9.59 Å². The number of aromatic amines is 1. The lowest BCUT2D eigenvalue weighted by Crippen LogP contribution is -2.51. The van der Waals surface area contributed by atoms with Gasteiger partial charge < -0.3 is 19.6 Å². The molecule has 5 aromatic rings. The van der Waals surface area contributed by atoms with Crippen LogP contribution in [0.1, 0.15) is 39.9 Å². The highest BCUT2D eigenvalue weighted by molar-refractivity contribution is 7.12. The van der Waals surface area contributed by atoms with Gasteiger partial charge in [-0.1, -0.05) is 36.4 Å². The predicted octanol–water partition coefficient (Wildman–Crippen LogP) is 5.12. The molecule has 1 aliphatic rings. The third-order valence-corrected chi connectivity index (χ3v) is 7.78. The zero-order valence-electron chi connectivity index (χ0n) is 19.6. The lowest BCUT2D eigenvalue weighted by Gasteiger charge is -2.33. The molecular weight excluding hydrogens is 472 g/mol. The first-order chi connectivity index (χ1) is 17.7. The predicted molar refractivity (Wildman–Crippen MR) is 140 cm³/mol. The number of carbonyl (C=O) groups is 2. The van der Waals surface area contributed by atoms with Crippen LogP contribution < -0.4 is 5.32 Å². The number of piperidine rings is 1. The van der Waals surface area contributed by atoms with Crippen molar-refractivity contribution in [2.24, 2.45) is 0 Å². The van der Waals surface area contributed by atoms with Crippen LogP contribution >= 0.6 is 11.3 Å². The quantitative estimate of drug-likeness (QED) is 0.340. The van der Waals surface area contributed by atoms with Gasteiger partial charge in [-0.15, -0.1) is 11.3 Å². The summed E-state index contributed by atoms with van der Waals surface area (Å²) in [6.07, 6.45) is 3.90. The minimum Gasteiger partial charge on any atom is -0.440 e. The van der Waals surface area contributed by atoms with Gasteiger partial charge in [0.1, 0.15) is 11.6 Å². The molecule has 0 bridgehead atoms. The van der Waals surface area contributed by atoms with E-state index in [1.807, 2.05) is 71.1 Å². The minimum absolute atomic E-state index is 0.0544. The normalized spacial score (nSPS) is 15.4. The van der Waals surface area contributed by atoms with Gasteiger partial charge in [-0.05, 0) is 48.1 Å². The number of hydrogen-bond acceptors (Lipinski definition) is 5. The van der Waals surface area contributed by atoms with Gasteiger partial charge in [0, 0.05) is 42.5 Å². The van der Waals surface area contributed by atoms with Crippen LogP contribution in [-0.2, 0) is 11.2 Å². The summed E-state index contributed by atoms with van der Waals surface area (Å²) >= 11 is 1.37. The number of rotatable bonds is 6. The van der Waals surface area contributed by atoms with Crippen LogP contribution in [0.5, 0.6) is 0 Å². The number of thiophene rings is 1. The Balaban J connectivity index is 1.19. The van der Waals surface area contributed by atoms with Crippen molar-refractivity contribution in [3.63, 3.8) is 0 Å². The Morgan fingerprint density at radius 3 is 2.69 bits per heavy atom. The second-order valence-electron chi connectivity index (χ2n) is 9.19. The van der Waals surface area contributed by atoms with E-state index in [0.717, 1.165) is 46.3 Å². The van der Waals surface area contributed by atoms with Crippen LogP contribution in [-0.4, -0.2) is 45.8 Å². The van der Waals surface area contributed by atoms with Crippen molar-refractivity contribution in [2.45, 2.75) is 31.2 Å². The standard InChI is InChI=1S/C28H26N4O3S/c33-26(25-10-5-15-36-25)30-23(16-19-17-29-21-7-2-1-6-20(19)21)28(34)32-13-11-18(12-14-32)27-31-22-8-3-4-9-24(22)35-27/h1-10,15,17-18,23,29H,11-14,16H2,(H,30,33)/t23-/m0/s1. The van der Waals surface area contributed by atoms with Gasteiger partial charge in [0.15, 0.2) is 11.5 Å². The molecule has 3 aromatic heterocycles. The summed E-state index contributed by atoms with van der Waals surface area (Å²) in [5, 5.41) is 5.94. The van der Waals surface area contributed by atoms with E-state index < -0.39 is 6.04 Å². The zero-order chi connectivity index (χ0) is 24.5. The van der Waals surface area contributed by atoms with Crippen LogP contribution in [0.15, 0.2) is 76.7 Å². The van der Waals surface area contributed by atoms with Crippen molar-refractivity contribution in [1.29, 1.82) is 0 Å². The number of likely N-dealkylation sites (tertiary alicyclic amines) is 1. The number of oxazole rings is 1. The molecule has 1 fully saturated rings. The number of fused-ring (bicyclic) bond motifs is 2. The summed E-state index contributed by atoms with van der Waals surface area (Å²) in [7, 11) is 0. The van der Waals surface area contributed by atoms with Gasteiger partial charge in [-0.2, -0.15) is 0 Å². The Morgan fingerprint density at radius 2 is 1.89 bits per heavy atom. The van der Waals surface area contributed by atoms with E-state index in [2.05, 4.69) is 15.3 Å². The first-order valence-electron chi connectivity index (χ1n) is 12.2. The summed E-state index contributed by atoms with van der Waals surface area (Å²) in [6.45, 7) is 1.20. The highest BCUT2D eigenvalue weighted by atomic mass is 32.1. The second kappa shape index (κ2) is 9.62. The van der Waals surface area contributed by atoms with Crippen molar-refractivity contribution in [2.75, 3.05) is 13.1 Å². The maximum Gasteiger partial charge on any atom is 0.262 e. The van der Waals surface area contributed by atoms with E-state index in [0.29, 0.717) is 24.4 Å². The second-order valence-corrected chi connectivity index (χ2v) is 10.1. The molecule has 182 valence electrons. The van der Waals surface area contributed by atoms with Crippen LogP contribution in [0.2, 0.25) is 0 Å². The molecule has 0 aliphatic carbocycles. The minimum atomic E-state index is -0.653. The summed E-state index contributed by atoms with van der Waals surface area (Å²) in [6, 6.07) is 18.7. The average Bonchev–Trinajstić information content (AvgIpc) is 3.68. The Labute approximate surface area is 212 Å². The molecular formula is C28H26N4O3S. The zero-order valence-corrected chi connectivity index (χ0v) is 20.5. The number of aromatic nitrogens is 2. The molecule has 1 saturated heterocycles. The van der Waals surface area contributed by atoms with Gasteiger partial charge in [0.05, 0.1) is 4.88 Å². The van der Waals surface area contributed by atoms with E-state index >= 15 is 0 Å². The Hall–Kier alpha value is -3.91. The van der Waals surface area contributed by atoms with Crippen molar-refractivity contribution in [3.05, 3.63) is 88.6 Å². The van der Waals surface area contributed by atoms with E-state index in [-0.39, 0.29) is 17.7 Å². The number of benzene rings is 2. The number of para-hydroxylation sites is 3. The highest BCUT2D eigenvalue weighted by Gasteiger charge is 2.32. The van der Waals surface area contributed by atoms with Crippen molar-refractivity contribution < 1.29 is 14.0 Å². The Morgan fingerprint density at radius 1 is 1.08 bits per heavy atom. The largest absolute Gasteiger partial charge is 0.440 e. The SMILES string of the molecule is O=C(N[C@@H](Cc1c[nH]c2ccccc12)C(=O)N1CCC(c2nc3ccccc3o2)CC1)c1cccs1. The van der Waals surface area contributed by atoms with Crippen molar-refractivity contribution in [3.8, 4) is 0 Å². The maximum absolute atomic E-state index is 13.7. The van der Waals surface area contributed by atoms with E-state index in [1.54, 1.807) is 6.07 Å². The molecule has 0 saturated carbocycles. The van der Waals surface area contributed by atoms with Crippen LogP contribution in [0.4, 0.5) is 0 Å². The number of nitrogens with zero attached hydrogens (tertiary/aromatic N) is 2. The summed E-state index contributed by atoms with van der Waals surface area (Å²) in [5.41, 5.74) is 3.68. The van der Waals surface area contributed by atoms with Gasteiger partial charge in [-0.25, -0.2) is 4.98 Å². The Kier molecular flexibility index (Phi) is 6.03. The summed E-state index contributed by atoms with van der Waals surface area (Å²) < 4.78 is 5.98. The molecule has 1 atom stereocenters. The third kappa shape index (κ3) is 4.40. The third-order valence-electron chi connectivity index (χ3n) is 6.91. The van der Waals surface area contributed by atoms with Crippen LogP contribution in [0.25, 0.3) is 22.0 Å². The molecule has 36 heavy (non-hydrogen) atoms. The summed E-state index contributed by atoms with van der Waals surface area (Å²) in [5.74, 6) is 0.643. The van der Waals surface area contributed by atoms with Crippen molar-refractivity contribution >= 4 is 45.2 Å². The number of hydrogen-bond donors (Lipinski definition) is 2. The summed E-state index contributed by atoms with van der Waals surface area (Å²) in [4.78, 5) is 37.0. The average molecular weight is 499 g/mol. The topological polar surface area (TPSA) is 91.2 Å². The fourth-order valence-electron chi connectivity index (χ4n) is 4.99. The lowest BCUT2D eigenvalue weighted by atomic mass is 9.95. The molecule has 2 aromatic carbocycles.